The van der Waals surface area contributed by atoms with Gasteiger partial charge in [0.15, 0.2) is 0 Å². The molecule has 4 heteroatoms. The van der Waals surface area contributed by atoms with Crippen LogP contribution in [0.3, 0.4) is 0 Å². The lowest BCUT2D eigenvalue weighted by Gasteiger charge is -2.26. The van der Waals surface area contributed by atoms with Crippen molar-refractivity contribution in [3.8, 4) is 0 Å². The van der Waals surface area contributed by atoms with Crippen LogP contribution < -0.4 is 4.90 Å². The van der Waals surface area contributed by atoms with Crippen LogP contribution in [-0.4, -0.2) is 42.1 Å². The predicted octanol–water partition coefficient (Wildman–Crippen LogP) is 2.49. The third kappa shape index (κ3) is 2.21. The van der Waals surface area contributed by atoms with Crippen molar-refractivity contribution in [3.63, 3.8) is 0 Å². The van der Waals surface area contributed by atoms with Crippen molar-refractivity contribution in [3.05, 3.63) is 23.9 Å². The molecule has 2 aliphatic rings. The molecule has 3 heterocycles. The van der Waals surface area contributed by atoms with Gasteiger partial charge in [-0.3, -0.25) is 4.90 Å². The Morgan fingerprint density at radius 3 is 3.00 bits per heavy atom. The Morgan fingerprint density at radius 2 is 2.17 bits per heavy atom. The van der Waals surface area contributed by atoms with Crippen LogP contribution in [-0.2, 0) is 5.88 Å². The van der Waals surface area contributed by atoms with E-state index in [4.69, 9.17) is 11.6 Å². The summed E-state index contributed by atoms with van der Waals surface area (Å²) in [6.07, 6.45) is 5.82. The van der Waals surface area contributed by atoms with Gasteiger partial charge >= 0.3 is 0 Å². The molecule has 0 aliphatic carbocycles. The summed E-state index contributed by atoms with van der Waals surface area (Å²) in [7, 11) is 2.27. The van der Waals surface area contributed by atoms with E-state index < -0.39 is 0 Å². The van der Waals surface area contributed by atoms with Crippen LogP contribution in [0.2, 0.25) is 0 Å². The van der Waals surface area contributed by atoms with Crippen LogP contribution in [0.25, 0.3) is 0 Å². The first-order chi connectivity index (χ1) is 8.78. The van der Waals surface area contributed by atoms with Gasteiger partial charge in [-0.1, -0.05) is 0 Å². The van der Waals surface area contributed by atoms with E-state index in [1.54, 1.807) is 0 Å². The maximum atomic E-state index is 5.90. The lowest BCUT2D eigenvalue weighted by Crippen LogP contribution is -2.36. The van der Waals surface area contributed by atoms with E-state index in [-0.39, 0.29) is 0 Å². The number of aromatic nitrogens is 1. The molecule has 0 radical (unpaired) electrons. The van der Waals surface area contributed by atoms with Gasteiger partial charge in [0.1, 0.15) is 5.82 Å². The zero-order chi connectivity index (χ0) is 12.5. The monoisotopic (exact) mass is 265 g/mol. The third-order valence-corrected chi connectivity index (χ3v) is 4.75. The van der Waals surface area contributed by atoms with Crippen LogP contribution in [0.1, 0.15) is 24.8 Å². The van der Waals surface area contributed by atoms with Gasteiger partial charge in [0.05, 0.1) is 0 Å². The van der Waals surface area contributed by atoms with Crippen molar-refractivity contribution >= 4 is 17.4 Å². The molecule has 2 unspecified atom stereocenters. The lowest BCUT2D eigenvalue weighted by atomic mass is 10.1. The third-order valence-electron chi connectivity index (χ3n) is 4.44. The standard InChI is InChI=1S/C14H20ClN3/c1-17-12-2-3-13(17)10-18(7-5-12)14-8-11(9-15)4-6-16-14/h4,6,8,12-13H,2-3,5,7,9-10H2,1H3. The minimum Gasteiger partial charge on any atom is -0.355 e. The molecule has 0 spiro atoms. The number of rotatable bonds is 2. The van der Waals surface area contributed by atoms with E-state index in [1.807, 2.05) is 12.3 Å². The van der Waals surface area contributed by atoms with E-state index in [0.29, 0.717) is 11.9 Å². The summed E-state index contributed by atoms with van der Waals surface area (Å²) in [5.41, 5.74) is 1.16. The fraction of sp³-hybridized carbons (Fsp3) is 0.643. The van der Waals surface area contributed by atoms with E-state index in [9.17, 15) is 0 Å². The first kappa shape index (κ1) is 12.2. The molecule has 0 amide bonds. The minimum atomic E-state index is 0.565. The average molecular weight is 266 g/mol. The SMILES string of the molecule is CN1C2CCC1CN(c1cc(CCl)ccn1)CC2. The van der Waals surface area contributed by atoms with E-state index in [0.717, 1.165) is 30.5 Å². The molecule has 98 valence electrons. The van der Waals surface area contributed by atoms with Crippen LogP contribution >= 0.6 is 11.6 Å². The largest absolute Gasteiger partial charge is 0.355 e. The van der Waals surface area contributed by atoms with Gasteiger partial charge in [0.2, 0.25) is 0 Å². The van der Waals surface area contributed by atoms with Crippen LogP contribution in [0, 0.1) is 0 Å². The number of hydrogen-bond acceptors (Lipinski definition) is 3. The van der Waals surface area contributed by atoms with Gasteiger partial charge in [-0.25, -0.2) is 4.98 Å². The smallest absolute Gasteiger partial charge is 0.128 e. The molecule has 1 aromatic heterocycles. The molecule has 2 atom stereocenters. The van der Waals surface area contributed by atoms with Gasteiger partial charge in [-0.15, -0.1) is 11.6 Å². The molecule has 0 aromatic carbocycles. The van der Waals surface area contributed by atoms with Crippen molar-refractivity contribution in [1.29, 1.82) is 0 Å². The van der Waals surface area contributed by atoms with Gasteiger partial charge < -0.3 is 4.90 Å². The Morgan fingerprint density at radius 1 is 1.33 bits per heavy atom. The Kier molecular flexibility index (Phi) is 3.44. The second-order valence-corrected chi connectivity index (χ2v) is 5.71. The number of anilines is 1. The number of hydrogen-bond donors (Lipinski definition) is 0. The maximum absolute atomic E-state index is 5.90. The summed E-state index contributed by atoms with van der Waals surface area (Å²) < 4.78 is 0. The number of likely N-dealkylation sites (N-methyl/N-ethyl adjacent to an activating group) is 1. The highest BCUT2D eigenvalue weighted by molar-refractivity contribution is 6.17. The fourth-order valence-corrected chi connectivity index (χ4v) is 3.40. The zero-order valence-corrected chi connectivity index (χ0v) is 11.6. The highest BCUT2D eigenvalue weighted by atomic mass is 35.5. The predicted molar refractivity (Wildman–Crippen MR) is 75.2 cm³/mol. The zero-order valence-electron chi connectivity index (χ0n) is 10.8. The summed E-state index contributed by atoms with van der Waals surface area (Å²) >= 11 is 5.90. The second-order valence-electron chi connectivity index (χ2n) is 5.44. The molecule has 0 N–H and O–H groups in total. The Bertz CT molecular complexity index is 423. The normalized spacial score (nSPS) is 28.4. The fourth-order valence-electron chi connectivity index (χ4n) is 3.23. The number of halogens is 1. The molecule has 3 rings (SSSR count). The average Bonchev–Trinajstić information content (AvgIpc) is 2.63. The van der Waals surface area contributed by atoms with Gasteiger partial charge in [0, 0.05) is 37.3 Å². The maximum Gasteiger partial charge on any atom is 0.128 e. The first-order valence-electron chi connectivity index (χ1n) is 6.75. The number of fused-ring (bicyclic) bond motifs is 2. The molecule has 2 aliphatic heterocycles. The summed E-state index contributed by atoms with van der Waals surface area (Å²) in [4.78, 5) is 9.50. The number of nitrogens with zero attached hydrogens (tertiary/aromatic N) is 3. The molecule has 2 fully saturated rings. The van der Waals surface area contributed by atoms with Crippen molar-refractivity contribution in [2.45, 2.75) is 37.2 Å². The summed E-state index contributed by atoms with van der Waals surface area (Å²) in [5, 5.41) is 0. The molecule has 3 nitrogen and oxygen atoms in total. The van der Waals surface area contributed by atoms with Crippen LogP contribution in [0.15, 0.2) is 18.3 Å². The van der Waals surface area contributed by atoms with Gasteiger partial charge in [-0.2, -0.15) is 0 Å². The van der Waals surface area contributed by atoms with Crippen LogP contribution in [0.5, 0.6) is 0 Å². The first-order valence-corrected chi connectivity index (χ1v) is 7.29. The summed E-state index contributed by atoms with van der Waals surface area (Å²) in [6, 6.07) is 5.59. The van der Waals surface area contributed by atoms with Crippen LogP contribution in [0.4, 0.5) is 5.82 Å². The highest BCUT2D eigenvalue weighted by Crippen LogP contribution is 2.30. The number of alkyl halides is 1. The molecule has 1 aromatic rings. The molecule has 2 bridgehead atoms. The lowest BCUT2D eigenvalue weighted by molar-refractivity contribution is 0.254. The van der Waals surface area contributed by atoms with E-state index >= 15 is 0 Å². The quantitative estimate of drug-likeness (QED) is 0.766. The number of pyridine rings is 1. The van der Waals surface area contributed by atoms with Crippen molar-refractivity contribution < 1.29 is 0 Å². The molecule has 0 saturated carbocycles. The van der Waals surface area contributed by atoms with E-state index in [2.05, 4.69) is 27.9 Å². The van der Waals surface area contributed by atoms with Crippen molar-refractivity contribution in [2.75, 3.05) is 25.0 Å². The Balaban J connectivity index is 1.80. The molecular weight excluding hydrogens is 246 g/mol. The van der Waals surface area contributed by atoms with Crippen molar-refractivity contribution in [1.82, 2.24) is 9.88 Å². The molecular formula is C14H20ClN3. The van der Waals surface area contributed by atoms with Crippen molar-refractivity contribution in [2.24, 2.45) is 0 Å². The summed E-state index contributed by atoms with van der Waals surface area (Å²) in [5.74, 6) is 1.66. The Labute approximate surface area is 114 Å². The summed E-state index contributed by atoms with van der Waals surface area (Å²) in [6.45, 7) is 2.22. The Hall–Kier alpha value is -0.800. The van der Waals surface area contributed by atoms with Gasteiger partial charge in [0.25, 0.3) is 0 Å². The minimum absolute atomic E-state index is 0.565. The highest BCUT2D eigenvalue weighted by Gasteiger charge is 2.34. The molecule has 2 saturated heterocycles. The van der Waals surface area contributed by atoms with Gasteiger partial charge in [-0.05, 0) is 44.0 Å². The second kappa shape index (κ2) is 5.06. The van der Waals surface area contributed by atoms with E-state index in [1.165, 1.54) is 19.3 Å². The molecule has 18 heavy (non-hydrogen) atoms. The topological polar surface area (TPSA) is 19.4 Å².